The average Bonchev–Trinajstić information content (AvgIpc) is 3.79. The Labute approximate surface area is 249 Å². The highest BCUT2D eigenvalue weighted by Gasteiger charge is 2.47. The van der Waals surface area contributed by atoms with Crippen molar-refractivity contribution < 1.29 is 27.0 Å². The molecule has 2 aliphatic rings. The van der Waals surface area contributed by atoms with Gasteiger partial charge in [-0.2, -0.15) is 8.78 Å². The van der Waals surface area contributed by atoms with Gasteiger partial charge in [0.15, 0.2) is 5.75 Å². The maximum atomic E-state index is 15.4. The Kier molecular flexibility index (Phi) is 12.9. The average molecular weight is 593 g/mol. The molecule has 4 rings (SSSR count). The normalized spacial score (nSPS) is 17.8. The number of aryl methyl sites for hydroxylation is 1. The molecule has 1 saturated carbocycles. The lowest BCUT2D eigenvalue weighted by atomic mass is 9.78. The van der Waals surface area contributed by atoms with Crippen LogP contribution in [0.1, 0.15) is 121 Å². The lowest BCUT2D eigenvalue weighted by Gasteiger charge is -2.33. The molecule has 1 unspecified atom stereocenters. The minimum Gasteiger partial charge on any atom is -0.489 e. The molecular weight excluding hydrogens is 544 g/mol. The predicted molar refractivity (Wildman–Crippen MR) is 158 cm³/mol. The van der Waals surface area contributed by atoms with Crippen LogP contribution >= 0.6 is 0 Å². The standard InChI is InChI=1S/C34H48F4N2O2/c1-2-3-21-41-22-11-12-23-42-30-20-19-28(39-32(30)35)29-24-26-17-18-27(34(37,38)31(26)33(36)40-29)14-10-8-6-4-5-7-9-13-25-15-16-25/h19-20,24-25,27H,2-18,21-23H2,1H3. The van der Waals surface area contributed by atoms with Crippen LogP contribution in [-0.2, 0) is 17.1 Å². The van der Waals surface area contributed by atoms with Gasteiger partial charge in [0.2, 0.25) is 5.95 Å². The summed E-state index contributed by atoms with van der Waals surface area (Å²) in [4.78, 5) is 7.70. The molecule has 1 atom stereocenters. The van der Waals surface area contributed by atoms with Crippen molar-refractivity contribution in [3.63, 3.8) is 0 Å². The molecule has 2 aromatic rings. The Morgan fingerprint density at radius 3 is 2.14 bits per heavy atom. The zero-order valence-electron chi connectivity index (χ0n) is 25.3. The van der Waals surface area contributed by atoms with Crippen LogP contribution in [0.15, 0.2) is 18.2 Å². The number of rotatable bonds is 20. The number of fused-ring (bicyclic) bond motifs is 1. The van der Waals surface area contributed by atoms with Crippen LogP contribution in [0.2, 0.25) is 0 Å². The third kappa shape index (κ3) is 9.65. The molecule has 0 N–H and O–H groups in total. The molecule has 0 bridgehead atoms. The summed E-state index contributed by atoms with van der Waals surface area (Å²) in [5.41, 5.74) is -0.234. The number of hydrogen-bond acceptors (Lipinski definition) is 4. The highest BCUT2D eigenvalue weighted by Crippen LogP contribution is 2.48. The molecule has 2 heterocycles. The van der Waals surface area contributed by atoms with Crippen LogP contribution in [0.3, 0.4) is 0 Å². The van der Waals surface area contributed by atoms with Gasteiger partial charge in [-0.1, -0.05) is 77.6 Å². The molecule has 0 radical (unpaired) electrons. The largest absolute Gasteiger partial charge is 0.489 e. The smallest absolute Gasteiger partial charge is 0.280 e. The highest BCUT2D eigenvalue weighted by atomic mass is 19.3. The van der Waals surface area contributed by atoms with Gasteiger partial charge in [0.25, 0.3) is 11.9 Å². The first-order valence-corrected chi connectivity index (χ1v) is 16.3. The number of hydrogen-bond donors (Lipinski definition) is 0. The monoisotopic (exact) mass is 592 g/mol. The van der Waals surface area contributed by atoms with Crippen LogP contribution in [0.4, 0.5) is 17.6 Å². The van der Waals surface area contributed by atoms with Crippen molar-refractivity contribution >= 4 is 0 Å². The van der Waals surface area contributed by atoms with Gasteiger partial charge < -0.3 is 9.47 Å². The van der Waals surface area contributed by atoms with Crippen molar-refractivity contribution in [3.05, 3.63) is 41.2 Å². The third-order valence-electron chi connectivity index (χ3n) is 8.69. The lowest BCUT2D eigenvalue weighted by molar-refractivity contribution is -0.0824. The number of alkyl halides is 2. The van der Waals surface area contributed by atoms with Gasteiger partial charge >= 0.3 is 0 Å². The summed E-state index contributed by atoms with van der Waals surface area (Å²) in [6, 6.07) is 4.34. The zero-order valence-corrected chi connectivity index (χ0v) is 25.3. The van der Waals surface area contributed by atoms with E-state index in [1.54, 1.807) is 0 Å². The molecule has 42 heavy (non-hydrogen) atoms. The van der Waals surface area contributed by atoms with E-state index < -0.39 is 29.3 Å². The van der Waals surface area contributed by atoms with E-state index in [0.717, 1.165) is 57.5 Å². The SMILES string of the molecule is CCCCOCCCCOc1ccc(-c2cc3c(c(F)n2)C(F)(F)C(CCCCCCCCCC2CC2)CC3)nc1F. The Morgan fingerprint density at radius 2 is 1.43 bits per heavy atom. The van der Waals surface area contributed by atoms with Gasteiger partial charge in [-0.15, -0.1) is 0 Å². The van der Waals surface area contributed by atoms with E-state index in [-0.39, 0.29) is 22.7 Å². The van der Waals surface area contributed by atoms with Gasteiger partial charge in [0.05, 0.1) is 23.6 Å². The van der Waals surface area contributed by atoms with Crippen molar-refractivity contribution in [1.29, 1.82) is 0 Å². The van der Waals surface area contributed by atoms with Crippen molar-refractivity contribution in [1.82, 2.24) is 9.97 Å². The fourth-order valence-corrected chi connectivity index (χ4v) is 5.91. The molecule has 0 spiro atoms. The summed E-state index contributed by atoms with van der Waals surface area (Å²) < 4.78 is 71.6. The quantitative estimate of drug-likeness (QED) is 0.0872. The lowest BCUT2D eigenvalue weighted by Crippen LogP contribution is -2.33. The molecule has 2 aliphatic carbocycles. The number of halogens is 4. The summed E-state index contributed by atoms with van der Waals surface area (Å²) in [6.07, 6.45) is 16.6. The van der Waals surface area contributed by atoms with Gasteiger partial charge in [-0.05, 0) is 68.2 Å². The number of aromatic nitrogens is 2. The maximum absolute atomic E-state index is 15.4. The van der Waals surface area contributed by atoms with E-state index in [1.165, 1.54) is 56.7 Å². The molecule has 1 fully saturated rings. The Bertz CT molecular complexity index is 1110. The minimum absolute atomic E-state index is 0.00738. The van der Waals surface area contributed by atoms with Crippen LogP contribution < -0.4 is 4.74 Å². The van der Waals surface area contributed by atoms with E-state index in [1.807, 2.05) is 0 Å². The minimum atomic E-state index is -3.27. The van der Waals surface area contributed by atoms with Crippen LogP contribution in [0, 0.1) is 23.7 Å². The van der Waals surface area contributed by atoms with Crippen LogP contribution in [0.5, 0.6) is 5.75 Å². The third-order valence-corrected chi connectivity index (χ3v) is 8.69. The fraction of sp³-hybridized carbons (Fsp3) is 0.706. The summed E-state index contributed by atoms with van der Waals surface area (Å²) >= 11 is 0. The molecule has 2 aromatic heterocycles. The first-order valence-electron chi connectivity index (χ1n) is 16.3. The van der Waals surface area contributed by atoms with E-state index in [9.17, 15) is 4.39 Å². The summed E-state index contributed by atoms with van der Waals surface area (Å²) in [5, 5.41) is 0. The number of pyridine rings is 2. The second kappa shape index (κ2) is 16.6. The molecule has 234 valence electrons. The second-order valence-corrected chi connectivity index (χ2v) is 12.2. The Balaban J connectivity index is 1.24. The first-order chi connectivity index (χ1) is 20.4. The first kappa shape index (κ1) is 32.7. The topological polar surface area (TPSA) is 44.2 Å². The number of ether oxygens (including phenoxy) is 2. The van der Waals surface area contributed by atoms with Crippen LogP contribution in [-0.4, -0.2) is 29.8 Å². The Hall–Kier alpha value is -2.22. The fourth-order valence-electron chi connectivity index (χ4n) is 5.91. The predicted octanol–water partition coefficient (Wildman–Crippen LogP) is 9.97. The highest BCUT2D eigenvalue weighted by molar-refractivity contribution is 5.57. The summed E-state index contributed by atoms with van der Waals surface area (Å²) in [5.74, 6) is -5.20. The molecule has 8 heteroatoms. The Morgan fingerprint density at radius 1 is 0.762 bits per heavy atom. The van der Waals surface area contributed by atoms with E-state index >= 15 is 13.2 Å². The second-order valence-electron chi connectivity index (χ2n) is 12.2. The molecular formula is C34H48F4N2O2. The summed E-state index contributed by atoms with van der Waals surface area (Å²) in [6.45, 7) is 3.81. The molecule has 0 saturated heterocycles. The van der Waals surface area contributed by atoms with E-state index in [4.69, 9.17) is 9.47 Å². The zero-order chi connectivity index (χ0) is 29.8. The van der Waals surface area contributed by atoms with Crippen molar-refractivity contribution in [2.75, 3.05) is 19.8 Å². The van der Waals surface area contributed by atoms with E-state index in [2.05, 4.69) is 16.9 Å². The van der Waals surface area contributed by atoms with Gasteiger partial charge in [-0.25, -0.2) is 18.7 Å². The molecule has 0 aliphatic heterocycles. The van der Waals surface area contributed by atoms with Crippen molar-refractivity contribution in [2.24, 2.45) is 11.8 Å². The summed E-state index contributed by atoms with van der Waals surface area (Å²) in [7, 11) is 0. The van der Waals surface area contributed by atoms with Crippen molar-refractivity contribution in [2.45, 2.75) is 122 Å². The van der Waals surface area contributed by atoms with E-state index in [0.29, 0.717) is 38.9 Å². The number of nitrogens with zero attached hydrogens (tertiary/aromatic N) is 2. The van der Waals surface area contributed by atoms with Gasteiger partial charge in [-0.3, -0.25) is 0 Å². The van der Waals surface area contributed by atoms with Crippen LogP contribution in [0.25, 0.3) is 11.4 Å². The maximum Gasteiger partial charge on any atom is 0.280 e. The molecule has 0 amide bonds. The molecule has 4 nitrogen and oxygen atoms in total. The van der Waals surface area contributed by atoms with Gasteiger partial charge in [0.1, 0.15) is 0 Å². The number of unbranched alkanes of at least 4 members (excludes halogenated alkanes) is 8. The van der Waals surface area contributed by atoms with Gasteiger partial charge in [0, 0.05) is 19.1 Å². The molecule has 0 aromatic carbocycles. The van der Waals surface area contributed by atoms with Crippen molar-refractivity contribution in [3.8, 4) is 17.1 Å².